The molecule has 1 atom stereocenters. The van der Waals surface area contributed by atoms with Crippen LogP contribution in [-0.2, 0) is 4.79 Å². The van der Waals surface area contributed by atoms with E-state index in [0.29, 0.717) is 18.7 Å². The van der Waals surface area contributed by atoms with Crippen molar-refractivity contribution in [3.63, 3.8) is 0 Å². The van der Waals surface area contributed by atoms with Crippen LogP contribution in [0.4, 0.5) is 0 Å². The number of hydrogen-bond donors (Lipinski definition) is 1. The van der Waals surface area contributed by atoms with Gasteiger partial charge in [-0.05, 0) is 47.0 Å². The Morgan fingerprint density at radius 1 is 1.35 bits per heavy atom. The van der Waals surface area contributed by atoms with Gasteiger partial charge < -0.3 is 10.2 Å². The molecule has 1 aliphatic heterocycles. The molecule has 2 rings (SSSR count). The summed E-state index contributed by atoms with van der Waals surface area (Å²) >= 11 is 6.79. The average molecular weight is 404 g/mol. The predicted molar refractivity (Wildman–Crippen MR) is 84.5 cm³/mol. The fraction of sp³-hybridized carbons (Fsp3) is 0.429. The highest BCUT2D eigenvalue weighted by Crippen LogP contribution is 2.25. The number of benzene rings is 1. The van der Waals surface area contributed by atoms with Crippen molar-refractivity contribution in [1.29, 1.82) is 0 Å². The van der Waals surface area contributed by atoms with Gasteiger partial charge in [0.05, 0.1) is 11.5 Å². The van der Waals surface area contributed by atoms with Crippen LogP contribution < -0.4 is 5.32 Å². The summed E-state index contributed by atoms with van der Waals surface area (Å²) in [4.78, 5) is 26.1. The minimum absolute atomic E-state index is 0.0100. The molecule has 108 valence electrons. The first kappa shape index (κ1) is 15.5. The Morgan fingerprint density at radius 3 is 2.80 bits per heavy atom. The maximum atomic E-state index is 12.6. The Balaban J connectivity index is 2.16. The molecule has 1 fully saturated rings. The van der Waals surface area contributed by atoms with Crippen LogP contribution in [0, 0.1) is 5.92 Å². The topological polar surface area (TPSA) is 49.4 Å². The van der Waals surface area contributed by atoms with Crippen molar-refractivity contribution >= 4 is 43.7 Å². The maximum Gasteiger partial charge on any atom is 0.255 e. The largest absolute Gasteiger partial charge is 0.359 e. The van der Waals surface area contributed by atoms with E-state index in [1.165, 1.54) is 0 Å². The third-order valence-electron chi connectivity index (χ3n) is 3.48. The number of carbonyl (C=O) groups is 2. The maximum absolute atomic E-state index is 12.6. The molecule has 1 unspecified atom stereocenters. The molecule has 0 bridgehead atoms. The van der Waals surface area contributed by atoms with Crippen LogP contribution in [0.2, 0.25) is 0 Å². The van der Waals surface area contributed by atoms with Crippen molar-refractivity contribution < 1.29 is 9.59 Å². The van der Waals surface area contributed by atoms with E-state index in [1.807, 2.05) is 12.1 Å². The van der Waals surface area contributed by atoms with E-state index >= 15 is 0 Å². The first-order valence-electron chi connectivity index (χ1n) is 6.49. The molecule has 2 amide bonds. The Kier molecular flexibility index (Phi) is 5.21. The number of rotatable bonds is 2. The van der Waals surface area contributed by atoms with Gasteiger partial charge in [0.1, 0.15) is 0 Å². The number of amides is 2. The summed E-state index contributed by atoms with van der Waals surface area (Å²) in [5, 5.41) is 2.66. The zero-order valence-corrected chi connectivity index (χ0v) is 14.3. The lowest BCUT2D eigenvalue weighted by atomic mass is 9.96. The monoisotopic (exact) mass is 402 g/mol. The molecule has 1 heterocycles. The summed E-state index contributed by atoms with van der Waals surface area (Å²) in [5.41, 5.74) is 0.622. The molecule has 0 spiro atoms. The van der Waals surface area contributed by atoms with Crippen LogP contribution in [0.5, 0.6) is 0 Å². The van der Waals surface area contributed by atoms with Gasteiger partial charge in [-0.25, -0.2) is 0 Å². The normalized spacial score (nSPS) is 18.8. The summed E-state index contributed by atoms with van der Waals surface area (Å²) in [7, 11) is 1.63. The van der Waals surface area contributed by atoms with Gasteiger partial charge in [0, 0.05) is 29.1 Å². The summed E-state index contributed by atoms with van der Waals surface area (Å²) < 4.78 is 1.64. The fourth-order valence-electron chi connectivity index (χ4n) is 2.41. The van der Waals surface area contributed by atoms with E-state index in [4.69, 9.17) is 0 Å². The number of nitrogens with zero attached hydrogens (tertiary/aromatic N) is 1. The standard InChI is InChI=1S/C14H16Br2N2O2/c1-17-13(19)9-3-2-6-18(8-9)14(20)11-7-10(15)4-5-12(11)16/h4-5,7,9H,2-3,6,8H2,1H3,(H,17,19). The smallest absolute Gasteiger partial charge is 0.255 e. The van der Waals surface area contributed by atoms with E-state index in [-0.39, 0.29) is 17.7 Å². The van der Waals surface area contributed by atoms with Crippen LogP contribution >= 0.6 is 31.9 Å². The molecule has 1 aromatic carbocycles. The van der Waals surface area contributed by atoms with E-state index in [0.717, 1.165) is 21.8 Å². The Hall–Kier alpha value is -0.880. The van der Waals surface area contributed by atoms with Crippen LogP contribution in [0.25, 0.3) is 0 Å². The SMILES string of the molecule is CNC(=O)C1CCCN(C(=O)c2cc(Br)ccc2Br)C1. The van der Waals surface area contributed by atoms with Gasteiger partial charge >= 0.3 is 0 Å². The second-order valence-electron chi connectivity index (χ2n) is 4.83. The minimum atomic E-state index is -0.108. The van der Waals surface area contributed by atoms with Gasteiger partial charge in [-0.1, -0.05) is 15.9 Å². The van der Waals surface area contributed by atoms with E-state index in [1.54, 1.807) is 18.0 Å². The van der Waals surface area contributed by atoms with Crippen molar-refractivity contribution in [1.82, 2.24) is 10.2 Å². The molecule has 1 aromatic rings. The zero-order valence-electron chi connectivity index (χ0n) is 11.2. The molecule has 0 radical (unpaired) electrons. The minimum Gasteiger partial charge on any atom is -0.359 e. The van der Waals surface area contributed by atoms with Crippen molar-refractivity contribution in [3.8, 4) is 0 Å². The molecule has 20 heavy (non-hydrogen) atoms. The molecule has 0 aromatic heterocycles. The van der Waals surface area contributed by atoms with Crippen molar-refractivity contribution in [2.45, 2.75) is 12.8 Å². The van der Waals surface area contributed by atoms with Crippen molar-refractivity contribution in [2.75, 3.05) is 20.1 Å². The zero-order chi connectivity index (χ0) is 14.7. The highest BCUT2D eigenvalue weighted by molar-refractivity contribution is 9.11. The number of carbonyl (C=O) groups excluding carboxylic acids is 2. The number of hydrogen-bond acceptors (Lipinski definition) is 2. The highest BCUT2D eigenvalue weighted by atomic mass is 79.9. The lowest BCUT2D eigenvalue weighted by Crippen LogP contribution is -2.44. The van der Waals surface area contributed by atoms with Crippen molar-refractivity contribution in [2.24, 2.45) is 5.92 Å². The van der Waals surface area contributed by atoms with Gasteiger partial charge in [0.25, 0.3) is 5.91 Å². The Morgan fingerprint density at radius 2 is 2.10 bits per heavy atom. The number of halogens is 2. The third kappa shape index (κ3) is 3.41. The van der Waals surface area contributed by atoms with Gasteiger partial charge in [-0.15, -0.1) is 0 Å². The molecule has 6 heteroatoms. The molecular weight excluding hydrogens is 388 g/mol. The third-order valence-corrected chi connectivity index (χ3v) is 4.67. The van der Waals surface area contributed by atoms with Crippen LogP contribution in [-0.4, -0.2) is 36.9 Å². The average Bonchev–Trinajstić information content (AvgIpc) is 2.48. The van der Waals surface area contributed by atoms with E-state index < -0.39 is 0 Å². The van der Waals surface area contributed by atoms with E-state index in [2.05, 4.69) is 37.2 Å². The molecular formula is C14H16Br2N2O2. The van der Waals surface area contributed by atoms with Crippen LogP contribution in [0.1, 0.15) is 23.2 Å². The van der Waals surface area contributed by atoms with E-state index in [9.17, 15) is 9.59 Å². The number of piperidine rings is 1. The molecule has 1 N–H and O–H groups in total. The second kappa shape index (κ2) is 6.72. The number of nitrogens with one attached hydrogen (secondary N) is 1. The van der Waals surface area contributed by atoms with Gasteiger partial charge in [-0.3, -0.25) is 9.59 Å². The molecule has 1 aliphatic rings. The predicted octanol–water partition coefficient (Wildman–Crippen LogP) is 2.81. The van der Waals surface area contributed by atoms with Gasteiger partial charge in [0.2, 0.25) is 5.91 Å². The summed E-state index contributed by atoms with van der Waals surface area (Å²) in [5.74, 6) is -0.133. The second-order valence-corrected chi connectivity index (χ2v) is 6.60. The first-order chi connectivity index (χ1) is 9.52. The Bertz CT molecular complexity index is 534. The molecule has 4 nitrogen and oxygen atoms in total. The highest BCUT2D eigenvalue weighted by Gasteiger charge is 2.29. The number of likely N-dealkylation sites (tertiary alicyclic amines) is 1. The summed E-state index contributed by atoms with van der Waals surface area (Å²) in [6, 6.07) is 5.53. The Labute approximate surface area is 135 Å². The lowest BCUT2D eigenvalue weighted by Gasteiger charge is -2.32. The van der Waals surface area contributed by atoms with Crippen LogP contribution in [0.15, 0.2) is 27.1 Å². The quantitative estimate of drug-likeness (QED) is 0.825. The van der Waals surface area contributed by atoms with Gasteiger partial charge in [0.15, 0.2) is 0 Å². The molecule has 1 saturated heterocycles. The van der Waals surface area contributed by atoms with Gasteiger partial charge in [-0.2, -0.15) is 0 Å². The summed E-state index contributed by atoms with van der Waals surface area (Å²) in [6.45, 7) is 1.18. The fourth-order valence-corrected chi connectivity index (χ4v) is 3.19. The molecule has 0 aliphatic carbocycles. The lowest BCUT2D eigenvalue weighted by molar-refractivity contribution is -0.125. The first-order valence-corrected chi connectivity index (χ1v) is 8.07. The van der Waals surface area contributed by atoms with Crippen LogP contribution in [0.3, 0.4) is 0 Å². The summed E-state index contributed by atoms with van der Waals surface area (Å²) in [6.07, 6.45) is 1.69. The molecule has 0 saturated carbocycles. The van der Waals surface area contributed by atoms with Crippen molar-refractivity contribution in [3.05, 3.63) is 32.7 Å².